The van der Waals surface area contributed by atoms with Gasteiger partial charge in [-0.25, -0.2) is 9.97 Å². The van der Waals surface area contributed by atoms with E-state index in [0.717, 1.165) is 0 Å². The van der Waals surface area contributed by atoms with Crippen molar-refractivity contribution < 1.29 is 24.0 Å². The lowest BCUT2D eigenvalue weighted by molar-refractivity contribution is -0.152. The zero-order valence-corrected chi connectivity index (χ0v) is 15.4. The summed E-state index contributed by atoms with van der Waals surface area (Å²) in [6.45, 7) is 10.5. The molecule has 1 aromatic rings. The number of hydrogen-bond acceptors (Lipinski definition) is 7. The van der Waals surface area contributed by atoms with Crippen molar-refractivity contribution in [2.45, 2.75) is 52.7 Å². The maximum Gasteiger partial charge on any atom is 0.334 e. The SMILES string of the molecule is COC(=O)C(C)(C)COc1ncc([B]OC(C)(C)C(C)(C)O)cn1. The molecule has 1 rings (SSSR count). The van der Waals surface area contributed by atoms with Crippen LogP contribution >= 0.6 is 0 Å². The summed E-state index contributed by atoms with van der Waals surface area (Å²) in [4.78, 5) is 19.7. The average molecular weight is 337 g/mol. The minimum Gasteiger partial charge on any atom is -0.469 e. The van der Waals surface area contributed by atoms with Crippen LogP contribution in [0.2, 0.25) is 0 Å². The number of aromatic nitrogens is 2. The Kier molecular flexibility index (Phi) is 6.35. The molecule has 0 saturated carbocycles. The summed E-state index contributed by atoms with van der Waals surface area (Å²) in [5.74, 6) is -0.366. The van der Waals surface area contributed by atoms with Crippen LogP contribution < -0.4 is 10.2 Å². The van der Waals surface area contributed by atoms with E-state index in [-0.39, 0.29) is 18.6 Å². The highest BCUT2D eigenvalue weighted by atomic mass is 16.5. The number of carbonyl (C=O) groups is 1. The van der Waals surface area contributed by atoms with Crippen LogP contribution in [-0.2, 0) is 14.2 Å². The van der Waals surface area contributed by atoms with Gasteiger partial charge in [0.15, 0.2) is 0 Å². The molecule has 0 fully saturated rings. The lowest BCUT2D eigenvalue weighted by Crippen LogP contribution is -2.49. The summed E-state index contributed by atoms with van der Waals surface area (Å²) < 4.78 is 15.8. The fourth-order valence-electron chi connectivity index (χ4n) is 1.40. The highest BCUT2D eigenvalue weighted by molar-refractivity contribution is 6.46. The van der Waals surface area contributed by atoms with Crippen molar-refractivity contribution in [1.29, 1.82) is 0 Å². The quantitative estimate of drug-likeness (QED) is 0.556. The Labute approximate surface area is 144 Å². The smallest absolute Gasteiger partial charge is 0.334 e. The Morgan fingerprint density at radius 1 is 1.17 bits per heavy atom. The van der Waals surface area contributed by atoms with Crippen LogP contribution in [0.4, 0.5) is 0 Å². The second kappa shape index (κ2) is 7.48. The topological polar surface area (TPSA) is 90.8 Å². The van der Waals surface area contributed by atoms with Crippen molar-refractivity contribution in [2.24, 2.45) is 5.41 Å². The highest BCUT2D eigenvalue weighted by Crippen LogP contribution is 2.24. The first-order valence-electron chi connectivity index (χ1n) is 7.66. The first-order valence-corrected chi connectivity index (χ1v) is 7.66. The predicted octanol–water partition coefficient (Wildman–Crippen LogP) is 0.865. The molecule has 0 aromatic carbocycles. The van der Waals surface area contributed by atoms with Gasteiger partial charge in [0, 0.05) is 12.4 Å². The molecule has 0 bridgehead atoms. The van der Waals surface area contributed by atoms with Gasteiger partial charge in [0.2, 0.25) is 0 Å². The molecule has 7 nitrogen and oxygen atoms in total. The molecule has 133 valence electrons. The van der Waals surface area contributed by atoms with E-state index >= 15 is 0 Å². The van der Waals surface area contributed by atoms with E-state index in [1.54, 1.807) is 41.5 Å². The zero-order valence-electron chi connectivity index (χ0n) is 15.4. The largest absolute Gasteiger partial charge is 0.469 e. The molecule has 0 aliphatic heterocycles. The van der Waals surface area contributed by atoms with Gasteiger partial charge < -0.3 is 19.2 Å². The Morgan fingerprint density at radius 2 is 1.71 bits per heavy atom. The van der Waals surface area contributed by atoms with E-state index in [1.807, 2.05) is 0 Å². The van der Waals surface area contributed by atoms with Crippen molar-refractivity contribution in [3.63, 3.8) is 0 Å². The monoisotopic (exact) mass is 337 g/mol. The van der Waals surface area contributed by atoms with E-state index in [4.69, 9.17) is 14.1 Å². The van der Waals surface area contributed by atoms with Gasteiger partial charge in [-0.1, -0.05) is 0 Å². The van der Waals surface area contributed by atoms with E-state index in [9.17, 15) is 9.90 Å². The number of hydrogen-bond donors (Lipinski definition) is 1. The van der Waals surface area contributed by atoms with Crippen molar-refractivity contribution in [2.75, 3.05) is 13.7 Å². The maximum atomic E-state index is 11.6. The first kappa shape index (κ1) is 20.4. The molecule has 0 spiro atoms. The summed E-state index contributed by atoms with van der Waals surface area (Å²) in [5.41, 5.74) is -1.94. The van der Waals surface area contributed by atoms with Gasteiger partial charge in [0.25, 0.3) is 0 Å². The number of ether oxygens (including phenoxy) is 2. The number of methoxy groups -OCH3 is 1. The number of esters is 1. The summed E-state index contributed by atoms with van der Waals surface area (Å²) in [6, 6.07) is 0.158. The summed E-state index contributed by atoms with van der Waals surface area (Å²) >= 11 is 0. The van der Waals surface area contributed by atoms with E-state index in [2.05, 4.69) is 9.97 Å². The van der Waals surface area contributed by atoms with Crippen molar-refractivity contribution in [3.8, 4) is 6.01 Å². The molecule has 24 heavy (non-hydrogen) atoms. The number of rotatable bonds is 8. The molecular formula is C16H26BN2O5. The molecule has 0 aliphatic rings. The lowest BCUT2D eigenvalue weighted by atomic mass is 9.84. The Hall–Kier alpha value is -1.67. The van der Waals surface area contributed by atoms with Crippen LogP contribution in [0.1, 0.15) is 41.5 Å². The predicted molar refractivity (Wildman–Crippen MR) is 90.2 cm³/mol. The Morgan fingerprint density at radius 3 is 2.17 bits per heavy atom. The van der Waals surface area contributed by atoms with Crippen LogP contribution in [-0.4, -0.2) is 53.4 Å². The molecule has 8 heteroatoms. The number of nitrogens with zero attached hydrogens (tertiary/aromatic N) is 2. The maximum absolute atomic E-state index is 11.6. The molecule has 0 unspecified atom stereocenters. The van der Waals surface area contributed by atoms with Gasteiger partial charge in [-0.05, 0) is 47.0 Å². The fraction of sp³-hybridized carbons (Fsp3) is 0.688. The van der Waals surface area contributed by atoms with Crippen LogP contribution in [0, 0.1) is 5.41 Å². The second-order valence-corrected chi connectivity index (χ2v) is 7.27. The fourth-order valence-corrected chi connectivity index (χ4v) is 1.40. The zero-order chi connectivity index (χ0) is 18.6. The van der Waals surface area contributed by atoms with Crippen molar-refractivity contribution in [1.82, 2.24) is 9.97 Å². The van der Waals surface area contributed by atoms with E-state index < -0.39 is 16.6 Å². The standard InChI is InChI=1S/C16H26BN2O5/c1-14(2,12(20)22-7)10-23-13-18-8-11(9-19-13)17-24-16(5,6)15(3,4)21/h8-9,21H,10H2,1-7H3. The van der Waals surface area contributed by atoms with Gasteiger partial charge in [0.05, 0.1) is 23.7 Å². The molecule has 0 atom stereocenters. The number of aliphatic hydroxyl groups is 1. The third-order valence-corrected chi connectivity index (χ3v) is 3.91. The molecule has 1 heterocycles. The van der Waals surface area contributed by atoms with Gasteiger partial charge >= 0.3 is 19.5 Å². The minimum atomic E-state index is -1.01. The molecule has 1 radical (unpaired) electrons. The summed E-state index contributed by atoms with van der Waals surface area (Å²) in [7, 11) is 2.82. The highest BCUT2D eigenvalue weighted by Gasteiger charge is 2.35. The van der Waals surface area contributed by atoms with Gasteiger partial charge in [-0.3, -0.25) is 4.79 Å². The summed E-state index contributed by atoms with van der Waals surface area (Å²) in [6.07, 6.45) is 3.07. The Bertz CT molecular complexity index is 553. The second-order valence-electron chi connectivity index (χ2n) is 7.27. The molecule has 0 amide bonds. The van der Waals surface area contributed by atoms with Crippen LogP contribution in [0.25, 0.3) is 0 Å². The van der Waals surface area contributed by atoms with Crippen molar-refractivity contribution >= 4 is 18.9 Å². The molecule has 1 N–H and O–H groups in total. The number of carbonyl (C=O) groups excluding carboxylic acids is 1. The van der Waals surface area contributed by atoms with Gasteiger partial charge in [-0.2, -0.15) is 0 Å². The van der Waals surface area contributed by atoms with E-state index in [1.165, 1.54) is 27.0 Å². The molecule has 0 aliphatic carbocycles. The van der Waals surface area contributed by atoms with Gasteiger partial charge in [-0.15, -0.1) is 0 Å². The third-order valence-electron chi connectivity index (χ3n) is 3.91. The normalized spacial score (nSPS) is 12.7. The van der Waals surface area contributed by atoms with Crippen LogP contribution in [0.3, 0.4) is 0 Å². The minimum absolute atomic E-state index is 0.102. The first-order chi connectivity index (χ1) is 10.9. The lowest BCUT2D eigenvalue weighted by Gasteiger charge is -2.37. The van der Waals surface area contributed by atoms with Crippen LogP contribution in [0.5, 0.6) is 6.01 Å². The Balaban J connectivity index is 2.59. The summed E-state index contributed by atoms with van der Waals surface area (Å²) in [5, 5.41) is 10.0. The third kappa shape index (κ3) is 5.45. The van der Waals surface area contributed by atoms with Gasteiger partial charge in [0.1, 0.15) is 6.61 Å². The molecule has 1 aromatic heterocycles. The van der Waals surface area contributed by atoms with Crippen LogP contribution in [0.15, 0.2) is 12.4 Å². The molecule has 0 saturated heterocycles. The van der Waals surface area contributed by atoms with E-state index in [0.29, 0.717) is 5.46 Å². The molecular weight excluding hydrogens is 311 g/mol. The average Bonchev–Trinajstić information content (AvgIpc) is 2.50. The van der Waals surface area contributed by atoms with Crippen molar-refractivity contribution in [3.05, 3.63) is 12.4 Å².